The third kappa shape index (κ3) is 10.9. The Bertz CT molecular complexity index is 570. The molecule has 0 fully saturated rings. The first-order valence-electron chi connectivity index (χ1n) is 10.4. The quantitative estimate of drug-likeness (QED) is 0.343. The summed E-state index contributed by atoms with van der Waals surface area (Å²) in [5.74, 6) is 0.541. The fourth-order valence-electron chi connectivity index (χ4n) is 2.34. The van der Waals surface area contributed by atoms with Crippen LogP contribution in [0.1, 0.15) is 54.9 Å². The number of thioether (sulfide) groups is 2. The van der Waals surface area contributed by atoms with Crippen molar-refractivity contribution in [2.45, 2.75) is 70.6 Å². The van der Waals surface area contributed by atoms with E-state index in [9.17, 15) is 14.4 Å². The Morgan fingerprint density at radius 3 is 2.10 bits per heavy atom. The van der Waals surface area contributed by atoms with Gasteiger partial charge in [0.15, 0.2) is 0 Å². The molecular weight excluding hydrogens is 422 g/mol. The van der Waals surface area contributed by atoms with Gasteiger partial charge in [-0.15, -0.1) is 11.8 Å². The van der Waals surface area contributed by atoms with Crippen molar-refractivity contribution in [3.63, 3.8) is 0 Å². The minimum absolute atomic E-state index is 0.0923. The SMILES string of the molecule is CCC(C)C(C)(C)SCC(C)C(=O)NCC(=O)NC(CSC(C)(C)OC)C(=O)NC. The smallest absolute Gasteiger partial charge is 0.243 e. The van der Waals surface area contributed by atoms with Gasteiger partial charge >= 0.3 is 0 Å². The molecule has 0 saturated carbocycles. The standard InChI is InChI=1S/C21H41N3O4S2/c1-10-15(3)20(4,5)29-12-14(2)18(26)23-11-17(25)24-16(19(27)22-8)13-30-21(6,7)28-9/h14-16H,10-13H2,1-9H3,(H,22,27)(H,23,26)(H,24,25). The third-order valence-electron chi connectivity index (χ3n) is 5.36. The largest absolute Gasteiger partial charge is 0.368 e. The van der Waals surface area contributed by atoms with Gasteiger partial charge in [-0.2, -0.15) is 11.8 Å². The van der Waals surface area contributed by atoms with Gasteiger partial charge in [0.2, 0.25) is 17.7 Å². The highest BCUT2D eigenvalue weighted by atomic mass is 32.2. The summed E-state index contributed by atoms with van der Waals surface area (Å²) in [6.45, 7) is 14.3. The van der Waals surface area contributed by atoms with Crippen LogP contribution >= 0.6 is 23.5 Å². The molecule has 0 saturated heterocycles. The van der Waals surface area contributed by atoms with Gasteiger partial charge in [0, 0.05) is 36.3 Å². The summed E-state index contributed by atoms with van der Waals surface area (Å²) >= 11 is 3.21. The molecule has 0 heterocycles. The molecule has 3 amide bonds. The molecule has 0 aliphatic rings. The van der Waals surface area contributed by atoms with Crippen LogP contribution in [0, 0.1) is 11.8 Å². The number of hydrogen-bond acceptors (Lipinski definition) is 6. The number of hydrogen-bond donors (Lipinski definition) is 3. The highest BCUT2D eigenvalue weighted by Gasteiger charge is 2.28. The van der Waals surface area contributed by atoms with E-state index in [1.165, 1.54) is 18.8 Å². The topological polar surface area (TPSA) is 96.5 Å². The molecule has 0 rings (SSSR count). The minimum Gasteiger partial charge on any atom is -0.368 e. The van der Waals surface area contributed by atoms with Crippen LogP contribution < -0.4 is 16.0 Å². The van der Waals surface area contributed by atoms with E-state index in [1.54, 1.807) is 18.9 Å². The maximum absolute atomic E-state index is 12.4. The van der Waals surface area contributed by atoms with Crippen molar-refractivity contribution in [2.75, 3.05) is 32.2 Å². The predicted molar refractivity (Wildman–Crippen MR) is 128 cm³/mol. The average molecular weight is 464 g/mol. The summed E-state index contributed by atoms with van der Waals surface area (Å²) in [5.41, 5.74) is 0. The van der Waals surface area contributed by atoms with Gasteiger partial charge in [0.25, 0.3) is 0 Å². The molecule has 9 heteroatoms. The van der Waals surface area contributed by atoms with Gasteiger partial charge < -0.3 is 20.7 Å². The molecule has 3 unspecified atom stereocenters. The number of carbonyl (C=O) groups is 3. The van der Waals surface area contributed by atoms with Crippen LogP contribution in [0.15, 0.2) is 0 Å². The van der Waals surface area contributed by atoms with Crippen LogP contribution in [0.25, 0.3) is 0 Å². The molecule has 0 bridgehead atoms. The monoisotopic (exact) mass is 463 g/mol. The number of nitrogens with one attached hydrogen (secondary N) is 3. The maximum atomic E-state index is 12.4. The number of rotatable bonds is 14. The number of methoxy groups -OCH3 is 1. The first-order valence-corrected chi connectivity index (χ1v) is 12.4. The molecule has 0 aliphatic carbocycles. The van der Waals surface area contributed by atoms with Crippen molar-refractivity contribution < 1.29 is 19.1 Å². The summed E-state index contributed by atoms with van der Waals surface area (Å²) in [7, 11) is 3.12. The molecule has 0 aromatic rings. The van der Waals surface area contributed by atoms with Crippen molar-refractivity contribution in [1.29, 1.82) is 0 Å². The Morgan fingerprint density at radius 1 is 1.00 bits per heavy atom. The van der Waals surface area contributed by atoms with E-state index >= 15 is 0 Å². The summed E-state index contributed by atoms with van der Waals surface area (Å²) in [6, 6.07) is -0.705. The second kappa shape index (κ2) is 13.5. The van der Waals surface area contributed by atoms with E-state index in [4.69, 9.17) is 4.74 Å². The van der Waals surface area contributed by atoms with Crippen LogP contribution in [0.3, 0.4) is 0 Å². The van der Waals surface area contributed by atoms with Crippen LogP contribution in [-0.4, -0.2) is 65.7 Å². The molecule has 0 aliphatic heterocycles. The zero-order valence-corrected chi connectivity index (χ0v) is 21.6. The molecule has 7 nitrogen and oxygen atoms in total. The molecule has 0 aromatic carbocycles. The summed E-state index contributed by atoms with van der Waals surface area (Å²) < 4.78 is 5.43. The van der Waals surface area contributed by atoms with Crippen LogP contribution in [0.2, 0.25) is 0 Å². The lowest BCUT2D eigenvalue weighted by Gasteiger charge is -2.31. The van der Waals surface area contributed by atoms with Crippen LogP contribution in [-0.2, 0) is 19.1 Å². The lowest BCUT2D eigenvalue weighted by molar-refractivity contribution is -0.129. The second-order valence-corrected chi connectivity index (χ2v) is 11.8. The molecule has 0 radical (unpaired) electrons. The van der Waals surface area contributed by atoms with Gasteiger partial charge in [-0.25, -0.2) is 0 Å². The number of carbonyl (C=O) groups excluding carboxylic acids is 3. The lowest BCUT2D eigenvalue weighted by Crippen LogP contribution is -2.51. The molecule has 0 spiro atoms. The van der Waals surface area contributed by atoms with Gasteiger partial charge in [-0.05, 0) is 19.8 Å². The lowest BCUT2D eigenvalue weighted by atomic mass is 9.95. The molecule has 0 aromatic heterocycles. The Hall–Kier alpha value is -0.930. The van der Waals surface area contributed by atoms with E-state index in [0.29, 0.717) is 17.4 Å². The van der Waals surface area contributed by atoms with E-state index in [2.05, 4.69) is 43.6 Å². The molecule has 30 heavy (non-hydrogen) atoms. The summed E-state index contributed by atoms with van der Waals surface area (Å²) in [6.07, 6.45) is 1.09. The first kappa shape index (κ1) is 29.1. The molecule has 176 valence electrons. The Labute approximate surface area is 191 Å². The zero-order valence-electron chi connectivity index (χ0n) is 20.0. The maximum Gasteiger partial charge on any atom is 0.243 e. The number of likely N-dealkylation sites (N-methyl/N-ethyl adjacent to an activating group) is 1. The predicted octanol–water partition coefficient (Wildman–Crippen LogP) is 2.64. The van der Waals surface area contributed by atoms with Crippen molar-refractivity contribution in [3.05, 3.63) is 0 Å². The van der Waals surface area contributed by atoms with Crippen molar-refractivity contribution in [3.8, 4) is 0 Å². The van der Waals surface area contributed by atoms with E-state index < -0.39 is 16.9 Å². The first-order chi connectivity index (χ1) is 13.8. The molecular formula is C21H41N3O4S2. The van der Waals surface area contributed by atoms with Gasteiger partial charge in [0.05, 0.1) is 6.54 Å². The van der Waals surface area contributed by atoms with Crippen molar-refractivity contribution in [1.82, 2.24) is 16.0 Å². The second-order valence-electron chi connectivity index (χ2n) is 8.49. The number of amides is 3. The fraction of sp³-hybridized carbons (Fsp3) is 0.857. The molecule has 3 N–H and O–H groups in total. The third-order valence-corrected chi connectivity index (χ3v) is 8.54. The Morgan fingerprint density at radius 2 is 1.60 bits per heavy atom. The number of ether oxygens (including phenoxy) is 1. The fourth-order valence-corrected chi connectivity index (χ4v) is 4.54. The van der Waals surface area contributed by atoms with Gasteiger partial charge in [0.1, 0.15) is 11.0 Å². The van der Waals surface area contributed by atoms with Crippen molar-refractivity contribution in [2.24, 2.45) is 11.8 Å². The van der Waals surface area contributed by atoms with E-state index in [-0.39, 0.29) is 29.0 Å². The summed E-state index contributed by atoms with van der Waals surface area (Å²) in [4.78, 5) is 36.3. The zero-order chi connectivity index (χ0) is 23.5. The minimum atomic E-state index is -0.705. The van der Waals surface area contributed by atoms with Crippen molar-refractivity contribution >= 4 is 41.2 Å². The van der Waals surface area contributed by atoms with E-state index in [1.807, 2.05) is 20.8 Å². The van der Waals surface area contributed by atoms with Crippen LogP contribution in [0.5, 0.6) is 0 Å². The van der Waals surface area contributed by atoms with Gasteiger partial charge in [-0.3, -0.25) is 14.4 Å². The molecule has 3 atom stereocenters. The van der Waals surface area contributed by atoms with E-state index in [0.717, 1.165) is 6.42 Å². The highest BCUT2D eigenvalue weighted by molar-refractivity contribution is 8.00. The highest BCUT2D eigenvalue weighted by Crippen LogP contribution is 2.35. The van der Waals surface area contributed by atoms with Gasteiger partial charge in [-0.1, -0.05) is 41.0 Å². The Kier molecular flexibility index (Phi) is 13.1. The van der Waals surface area contributed by atoms with Crippen LogP contribution in [0.4, 0.5) is 0 Å². The normalized spacial score (nSPS) is 15.1. The summed E-state index contributed by atoms with van der Waals surface area (Å²) in [5, 5.41) is 7.92. The average Bonchev–Trinajstić information content (AvgIpc) is 2.71. The Balaban J connectivity index is 4.59.